The summed E-state index contributed by atoms with van der Waals surface area (Å²) in [4.78, 5) is 16.1. The molecule has 2 aromatic rings. The summed E-state index contributed by atoms with van der Waals surface area (Å²) in [6.07, 6.45) is 2.40. The van der Waals surface area contributed by atoms with Gasteiger partial charge < -0.3 is 4.74 Å². The van der Waals surface area contributed by atoms with E-state index in [2.05, 4.69) is 10.1 Å². The van der Waals surface area contributed by atoms with Crippen LogP contribution in [-0.4, -0.2) is 21.7 Å². The molecule has 1 aliphatic carbocycles. The first-order valence-electron chi connectivity index (χ1n) is 5.38. The number of nitrogens with zero attached hydrogens (tertiary/aromatic N) is 2. The minimum Gasteiger partial charge on any atom is -0.378 e. The van der Waals surface area contributed by atoms with Gasteiger partial charge >= 0.3 is 0 Å². The minimum atomic E-state index is -0.0797. The standard InChI is InChI=1S/C11H13N3O2/c1-16-6-8-4-11(15)14-10(12-8)5-9(13-14)7-2-3-7/h4-5,7,13H,2-3,6H2,1H3. The first-order chi connectivity index (χ1) is 7.78. The van der Waals surface area contributed by atoms with Crippen LogP contribution in [0.2, 0.25) is 0 Å². The van der Waals surface area contributed by atoms with Gasteiger partial charge in [-0.05, 0) is 12.8 Å². The molecule has 0 amide bonds. The molecule has 84 valence electrons. The highest BCUT2D eigenvalue weighted by Crippen LogP contribution is 2.39. The molecule has 0 atom stereocenters. The predicted molar refractivity (Wildman–Crippen MR) is 58.5 cm³/mol. The van der Waals surface area contributed by atoms with Crippen molar-refractivity contribution in [1.82, 2.24) is 14.6 Å². The van der Waals surface area contributed by atoms with Gasteiger partial charge in [0.1, 0.15) is 0 Å². The monoisotopic (exact) mass is 219 g/mol. The predicted octanol–water partition coefficient (Wildman–Crippen LogP) is 1.05. The Morgan fingerprint density at radius 1 is 1.56 bits per heavy atom. The summed E-state index contributed by atoms with van der Waals surface area (Å²) in [7, 11) is 1.59. The molecule has 5 nitrogen and oxygen atoms in total. The molecule has 3 rings (SSSR count). The molecule has 5 heteroatoms. The van der Waals surface area contributed by atoms with Crippen LogP contribution in [0, 0.1) is 0 Å². The third-order valence-electron chi connectivity index (χ3n) is 2.83. The van der Waals surface area contributed by atoms with Crippen molar-refractivity contribution in [3.63, 3.8) is 0 Å². The van der Waals surface area contributed by atoms with Crippen molar-refractivity contribution in [2.45, 2.75) is 25.4 Å². The van der Waals surface area contributed by atoms with Crippen molar-refractivity contribution in [1.29, 1.82) is 0 Å². The van der Waals surface area contributed by atoms with E-state index in [9.17, 15) is 4.79 Å². The Kier molecular flexibility index (Phi) is 2.07. The Hall–Kier alpha value is -1.62. The number of hydrogen-bond donors (Lipinski definition) is 1. The second kappa shape index (κ2) is 3.45. The summed E-state index contributed by atoms with van der Waals surface area (Å²) in [6.45, 7) is 0.371. The Bertz CT molecular complexity index is 580. The van der Waals surface area contributed by atoms with Crippen molar-refractivity contribution in [3.05, 3.63) is 33.9 Å². The van der Waals surface area contributed by atoms with Crippen LogP contribution in [0.15, 0.2) is 16.9 Å². The lowest BCUT2D eigenvalue weighted by atomic mass is 10.3. The Morgan fingerprint density at radius 3 is 3.06 bits per heavy atom. The molecule has 0 radical (unpaired) electrons. The van der Waals surface area contributed by atoms with Crippen LogP contribution in [0.5, 0.6) is 0 Å². The summed E-state index contributed by atoms with van der Waals surface area (Å²) in [5.74, 6) is 0.590. The largest absolute Gasteiger partial charge is 0.378 e. The fourth-order valence-electron chi connectivity index (χ4n) is 1.88. The third-order valence-corrected chi connectivity index (χ3v) is 2.83. The zero-order valence-corrected chi connectivity index (χ0v) is 9.06. The smallest absolute Gasteiger partial charge is 0.272 e. The zero-order chi connectivity index (χ0) is 11.1. The molecular formula is C11H13N3O2. The van der Waals surface area contributed by atoms with Crippen LogP contribution in [0.25, 0.3) is 5.65 Å². The molecule has 0 saturated heterocycles. The molecule has 0 unspecified atom stereocenters. The molecule has 0 aromatic carbocycles. The van der Waals surface area contributed by atoms with Crippen LogP contribution in [0.3, 0.4) is 0 Å². The molecule has 2 heterocycles. The van der Waals surface area contributed by atoms with Gasteiger partial charge in [-0.25, -0.2) is 9.50 Å². The molecule has 2 aromatic heterocycles. The van der Waals surface area contributed by atoms with Crippen LogP contribution >= 0.6 is 0 Å². The Balaban J connectivity index is 2.13. The fraction of sp³-hybridized carbons (Fsp3) is 0.455. The molecule has 1 N–H and O–H groups in total. The molecule has 1 fully saturated rings. The first-order valence-corrected chi connectivity index (χ1v) is 5.38. The van der Waals surface area contributed by atoms with Gasteiger partial charge in [-0.1, -0.05) is 0 Å². The lowest BCUT2D eigenvalue weighted by Gasteiger charge is -1.98. The van der Waals surface area contributed by atoms with Crippen molar-refractivity contribution >= 4 is 5.65 Å². The average Bonchev–Trinajstić information content (AvgIpc) is 3.00. The number of nitrogens with one attached hydrogen (secondary N) is 1. The Labute approximate surface area is 92.1 Å². The van der Waals surface area contributed by atoms with E-state index in [0.29, 0.717) is 23.9 Å². The van der Waals surface area contributed by atoms with E-state index in [1.54, 1.807) is 7.11 Å². The minimum absolute atomic E-state index is 0.0797. The van der Waals surface area contributed by atoms with Crippen molar-refractivity contribution in [2.24, 2.45) is 0 Å². The van der Waals surface area contributed by atoms with Gasteiger partial charge in [0, 0.05) is 30.9 Å². The second-order valence-corrected chi connectivity index (χ2v) is 4.20. The van der Waals surface area contributed by atoms with E-state index in [0.717, 1.165) is 5.69 Å². The van der Waals surface area contributed by atoms with Crippen LogP contribution < -0.4 is 5.56 Å². The van der Waals surface area contributed by atoms with Gasteiger partial charge in [-0.15, -0.1) is 0 Å². The summed E-state index contributed by atoms with van der Waals surface area (Å²) >= 11 is 0. The fourth-order valence-corrected chi connectivity index (χ4v) is 1.88. The lowest BCUT2D eigenvalue weighted by Crippen LogP contribution is -2.15. The number of H-pyrrole nitrogens is 1. The lowest BCUT2D eigenvalue weighted by molar-refractivity contribution is 0.181. The average molecular weight is 219 g/mol. The van der Waals surface area contributed by atoms with E-state index in [1.165, 1.54) is 23.4 Å². The number of fused-ring (bicyclic) bond motifs is 1. The van der Waals surface area contributed by atoms with Crippen LogP contribution in [0.1, 0.15) is 30.1 Å². The molecular weight excluding hydrogens is 206 g/mol. The van der Waals surface area contributed by atoms with Crippen molar-refractivity contribution in [3.8, 4) is 0 Å². The van der Waals surface area contributed by atoms with E-state index < -0.39 is 0 Å². The number of ether oxygens (including phenoxy) is 1. The van der Waals surface area contributed by atoms with Gasteiger partial charge in [0.2, 0.25) is 0 Å². The molecule has 0 spiro atoms. The Morgan fingerprint density at radius 2 is 2.38 bits per heavy atom. The topological polar surface area (TPSA) is 59.4 Å². The highest BCUT2D eigenvalue weighted by molar-refractivity contribution is 5.41. The first kappa shape index (κ1) is 9.59. The number of aromatic nitrogens is 3. The van der Waals surface area contributed by atoms with Crippen LogP contribution in [0.4, 0.5) is 0 Å². The molecule has 0 aliphatic heterocycles. The summed E-state index contributed by atoms with van der Waals surface area (Å²) < 4.78 is 6.47. The van der Waals surface area contributed by atoms with E-state index in [4.69, 9.17) is 4.74 Å². The van der Waals surface area contributed by atoms with Gasteiger partial charge in [-0.2, -0.15) is 0 Å². The number of rotatable bonds is 3. The third kappa shape index (κ3) is 1.53. The molecule has 1 saturated carbocycles. The van der Waals surface area contributed by atoms with Crippen LogP contribution in [-0.2, 0) is 11.3 Å². The van der Waals surface area contributed by atoms with E-state index in [-0.39, 0.29) is 5.56 Å². The highest BCUT2D eigenvalue weighted by atomic mass is 16.5. The molecule has 1 aliphatic rings. The maximum Gasteiger partial charge on any atom is 0.272 e. The maximum atomic E-state index is 11.8. The number of hydrogen-bond acceptors (Lipinski definition) is 3. The van der Waals surface area contributed by atoms with E-state index >= 15 is 0 Å². The van der Waals surface area contributed by atoms with Gasteiger partial charge in [-0.3, -0.25) is 9.89 Å². The quantitative estimate of drug-likeness (QED) is 0.839. The summed E-state index contributed by atoms with van der Waals surface area (Å²) in [6, 6.07) is 3.46. The molecule has 16 heavy (non-hydrogen) atoms. The van der Waals surface area contributed by atoms with Gasteiger partial charge in [0.05, 0.1) is 12.3 Å². The maximum absolute atomic E-state index is 11.8. The normalized spacial score (nSPS) is 15.8. The van der Waals surface area contributed by atoms with Crippen molar-refractivity contribution in [2.75, 3.05) is 7.11 Å². The summed E-state index contributed by atoms with van der Waals surface area (Å²) in [5, 5.41) is 3.10. The molecule has 0 bridgehead atoms. The van der Waals surface area contributed by atoms with Gasteiger partial charge in [0.25, 0.3) is 5.56 Å². The second-order valence-electron chi connectivity index (χ2n) is 4.20. The van der Waals surface area contributed by atoms with E-state index in [1.807, 2.05) is 6.07 Å². The summed E-state index contributed by atoms with van der Waals surface area (Å²) in [5.41, 5.74) is 2.39. The number of aromatic amines is 1. The van der Waals surface area contributed by atoms with Crippen molar-refractivity contribution < 1.29 is 4.74 Å². The number of methoxy groups -OCH3 is 1. The zero-order valence-electron chi connectivity index (χ0n) is 9.06. The highest BCUT2D eigenvalue weighted by Gasteiger charge is 2.25. The SMILES string of the molecule is COCc1cc(=O)n2[nH]c(C3CC3)cc2n1. The van der Waals surface area contributed by atoms with Gasteiger partial charge in [0.15, 0.2) is 5.65 Å².